The maximum atomic E-state index is 12.4. The second-order valence-electron chi connectivity index (χ2n) is 7.68. The Morgan fingerprint density at radius 2 is 1.81 bits per heavy atom. The molecule has 32 heavy (non-hydrogen) atoms. The van der Waals surface area contributed by atoms with E-state index in [4.69, 9.17) is 4.42 Å². The topological polar surface area (TPSA) is 97.7 Å². The van der Waals surface area contributed by atoms with Crippen molar-refractivity contribution < 1.29 is 14.1 Å². The summed E-state index contributed by atoms with van der Waals surface area (Å²) in [5.74, 6) is 0.734. The van der Waals surface area contributed by atoms with Gasteiger partial charge in [-0.15, -0.1) is 0 Å². The Kier molecular flexibility index (Phi) is 5.71. The molecule has 0 spiro atoms. The van der Waals surface area contributed by atoms with Gasteiger partial charge in [0.2, 0.25) is 0 Å². The molecule has 0 saturated carbocycles. The predicted octanol–water partition coefficient (Wildman–Crippen LogP) is 5.98. The van der Waals surface area contributed by atoms with Crippen LogP contribution in [0.25, 0.3) is 17.4 Å². The van der Waals surface area contributed by atoms with Crippen molar-refractivity contribution in [3.63, 3.8) is 0 Å². The van der Waals surface area contributed by atoms with E-state index in [1.165, 1.54) is 17.8 Å². The fourth-order valence-electron chi connectivity index (χ4n) is 3.44. The van der Waals surface area contributed by atoms with Gasteiger partial charge in [0.1, 0.15) is 11.5 Å². The fraction of sp³-hybridized carbons (Fsp3) is 0.167. The molecule has 1 fully saturated rings. The van der Waals surface area contributed by atoms with Gasteiger partial charge < -0.3 is 9.73 Å². The first-order valence-corrected chi connectivity index (χ1v) is 10.8. The Morgan fingerprint density at radius 1 is 1.03 bits per heavy atom. The van der Waals surface area contributed by atoms with Crippen molar-refractivity contribution >= 4 is 40.3 Å². The van der Waals surface area contributed by atoms with Crippen molar-refractivity contribution in [3.05, 3.63) is 85.5 Å². The number of carbonyl (C=O) groups is 1. The van der Waals surface area contributed by atoms with Crippen molar-refractivity contribution in [2.45, 2.75) is 27.7 Å². The summed E-state index contributed by atoms with van der Waals surface area (Å²) in [5, 5.41) is 14.6. The van der Waals surface area contributed by atoms with Gasteiger partial charge >= 0.3 is 0 Å². The van der Waals surface area contributed by atoms with E-state index in [0.29, 0.717) is 32.7 Å². The van der Waals surface area contributed by atoms with E-state index in [0.717, 1.165) is 22.4 Å². The largest absolute Gasteiger partial charge is 0.457 e. The third-order valence-corrected chi connectivity index (χ3v) is 6.05. The number of aliphatic imine (C=N–C) groups is 1. The zero-order valence-corrected chi connectivity index (χ0v) is 18.9. The third kappa shape index (κ3) is 4.36. The highest BCUT2D eigenvalue weighted by Crippen LogP contribution is 2.34. The summed E-state index contributed by atoms with van der Waals surface area (Å²) in [6.45, 7) is 7.55. The van der Waals surface area contributed by atoms with Crippen LogP contribution in [0.5, 0.6) is 0 Å². The van der Waals surface area contributed by atoms with Crippen LogP contribution >= 0.6 is 11.8 Å². The van der Waals surface area contributed by atoms with Crippen LogP contribution in [-0.2, 0) is 4.79 Å². The van der Waals surface area contributed by atoms with Gasteiger partial charge in [-0.3, -0.25) is 14.9 Å². The second-order valence-corrected chi connectivity index (χ2v) is 8.72. The summed E-state index contributed by atoms with van der Waals surface area (Å²) in [4.78, 5) is 28.3. The van der Waals surface area contributed by atoms with E-state index in [2.05, 4.69) is 10.3 Å². The summed E-state index contributed by atoms with van der Waals surface area (Å²) in [7, 11) is 0. The smallest absolute Gasteiger partial charge is 0.273 e. The number of carbonyl (C=O) groups excluding carboxylic acids is 1. The summed E-state index contributed by atoms with van der Waals surface area (Å²) < 4.78 is 5.89. The van der Waals surface area contributed by atoms with Crippen LogP contribution in [0, 0.1) is 37.8 Å². The molecule has 1 saturated heterocycles. The Hall–Kier alpha value is -3.65. The van der Waals surface area contributed by atoms with Crippen LogP contribution in [0.1, 0.15) is 28.0 Å². The van der Waals surface area contributed by atoms with Crippen molar-refractivity contribution in [2.24, 2.45) is 4.99 Å². The quantitative estimate of drug-likeness (QED) is 0.301. The third-order valence-electron chi connectivity index (χ3n) is 5.14. The molecule has 1 aromatic heterocycles. The first-order valence-electron chi connectivity index (χ1n) is 9.94. The second kappa shape index (κ2) is 8.47. The average Bonchev–Trinajstić information content (AvgIpc) is 3.31. The molecule has 4 rings (SSSR count). The molecule has 3 aromatic rings. The molecule has 1 amide bonds. The van der Waals surface area contributed by atoms with Crippen molar-refractivity contribution in [1.29, 1.82) is 0 Å². The molecule has 7 nitrogen and oxygen atoms in total. The highest BCUT2D eigenvalue weighted by molar-refractivity contribution is 8.18. The molecule has 1 aliphatic rings. The number of nitrogens with one attached hydrogen (secondary N) is 1. The van der Waals surface area contributed by atoms with Crippen molar-refractivity contribution in [1.82, 2.24) is 5.32 Å². The lowest BCUT2D eigenvalue weighted by molar-refractivity contribution is -0.385. The molecule has 162 valence electrons. The van der Waals surface area contributed by atoms with Gasteiger partial charge in [0.15, 0.2) is 5.17 Å². The molecule has 2 heterocycles. The number of amides is 1. The molecular formula is C24H21N3O4S. The van der Waals surface area contributed by atoms with Gasteiger partial charge in [-0.25, -0.2) is 4.99 Å². The molecule has 0 atom stereocenters. The number of aryl methyl sites for hydroxylation is 4. The van der Waals surface area contributed by atoms with Crippen molar-refractivity contribution in [2.75, 3.05) is 0 Å². The zero-order valence-electron chi connectivity index (χ0n) is 18.1. The van der Waals surface area contributed by atoms with Gasteiger partial charge in [0.05, 0.1) is 15.5 Å². The number of amidine groups is 1. The minimum Gasteiger partial charge on any atom is -0.457 e. The first kappa shape index (κ1) is 21.6. The molecule has 1 N–H and O–H groups in total. The summed E-state index contributed by atoms with van der Waals surface area (Å²) in [5.41, 5.74) is 5.08. The fourth-order valence-corrected chi connectivity index (χ4v) is 4.25. The van der Waals surface area contributed by atoms with Crippen LogP contribution in [0.15, 0.2) is 56.8 Å². The van der Waals surface area contributed by atoms with Crippen LogP contribution in [-0.4, -0.2) is 16.0 Å². The SMILES string of the molecule is Cc1ccc(C)c(N=C2NC(=O)/C(=C/c3ccc(-c4cc([N+](=O)[O-])c(C)cc4C)o3)S2)c1. The van der Waals surface area contributed by atoms with E-state index < -0.39 is 4.92 Å². The summed E-state index contributed by atoms with van der Waals surface area (Å²) in [6.07, 6.45) is 1.65. The molecule has 0 unspecified atom stereocenters. The minimum absolute atomic E-state index is 0.0416. The maximum Gasteiger partial charge on any atom is 0.273 e. The van der Waals surface area contributed by atoms with Gasteiger partial charge in [-0.1, -0.05) is 12.1 Å². The predicted molar refractivity (Wildman–Crippen MR) is 127 cm³/mol. The number of hydrogen-bond donors (Lipinski definition) is 1. The van der Waals surface area contributed by atoms with E-state index in [-0.39, 0.29) is 11.6 Å². The minimum atomic E-state index is -0.402. The normalized spacial score (nSPS) is 16.1. The maximum absolute atomic E-state index is 12.4. The van der Waals surface area contributed by atoms with Crippen LogP contribution in [0.2, 0.25) is 0 Å². The number of furan rings is 1. The molecule has 0 aliphatic carbocycles. The highest BCUT2D eigenvalue weighted by Gasteiger charge is 2.25. The Labute approximate surface area is 189 Å². The molecule has 2 aromatic carbocycles. The average molecular weight is 448 g/mol. The molecule has 1 aliphatic heterocycles. The number of nitro benzene ring substituents is 1. The van der Waals surface area contributed by atoms with Crippen LogP contribution < -0.4 is 5.32 Å². The summed E-state index contributed by atoms with van der Waals surface area (Å²) >= 11 is 1.24. The van der Waals surface area contributed by atoms with E-state index in [1.807, 2.05) is 39.0 Å². The number of nitrogens with zero attached hydrogens (tertiary/aromatic N) is 2. The van der Waals surface area contributed by atoms with Gasteiger partial charge in [-0.05, 0) is 80.4 Å². The zero-order chi connectivity index (χ0) is 23.0. The number of hydrogen-bond acceptors (Lipinski definition) is 6. The summed E-state index contributed by atoms with van der Waals surface area (Å²) in [6, 6.07) is 12.8. The lowest BCUT2D eigenvalue weighted by Gasteiger charge is -2.05. The van der Waals surface area contributed by atoms with E-state index >= 15 is 0 Å². The Morgan fingerprint density at radius 3 is 2.56 bits per heavy atom. The number of thioether (sulfide) groups is 1. The first-order chi connectivity index (χ1) is 15.2. The van der Waals surface area contributed by atoms with Gasteiger partial charge in [-0.2, -0.15) is 0 Å². The molecule has 8 heteroatoms. The van der Waals surface area contributed by atoms with Gasteiger partial charge in [0.25, 0.3) is 11.6 Å². The van der Waals surface area contributed by atoms with Crippen LogP contribution in [0.4, 0.5) is 11.4 Å². The van der Waals surface area contributed by atoms with E-state index in [1.54, 1.807) is 31.2 Å². The Bertz CT molecular complexity index is 1320. The lowest BCUT2D eigenvalue weighted by atomic mass is 10.0. The van der Waals surface area contributed by atoms with Gasteiger partial charge in [0, 0.05) is 23.3 Å². The number of nitro groups is 1. The number of benzene rings is 2. The van der Waals surface area contributed by atoms with Crippen molar-refractivity contribution in [3.8, 4) is 11.3 Å². The highest BCUT2D eigenvalue weighted by atomic mass is 32.2. The number of rotatable bonds is 4. The standard InChI is InChI=1S/C24H21N3O4S/c1-13-5-6-14(2)19(9-13)25-24-26-23(28)22(32-24)11-17-7-8-21(31-17)18-12-20(27(29)30)16(4)10-15(18)3/h5-12H,1-4H3,(H,25,26,28)/b22-11-. The molecule has 0 bridgehead atoms. The lowest BCUT2D eigenvalue weighted by Crippen LogP contribution is -2.19. The molecular weight excluding hydrogens is 426 g/mol. The monoisotopic (exact) mass is 447 g/mol. The van der Waals surface area contributed by atoms with Crippen LogP contribution in [0.3, 0.4) is 0 Å². The molecule has 0 radical (unpaired) electrons. The Balaban J connectivity index is 1.61. The van der Waals surface area contributed by atoms with E-state index in [9.17, 15) is 14.9 Å².